The molecule has 1 aromatic rings. The molecule has 1 unspecified atom stereocenters. The van der Waals surface area contributed by atoms with E-state index in [0.717, 1.165) is 0 Å². The van der Waals surface area contributed by atoms with Gasteiger partial charge in [0.05, 0.1) is 6.10 Å². The SMILES string of the molecule is CC(C)(C)C(O)CNCc1ccccc1OC(F)F. The third-order valence-corrected chi connectivity index (χ3v) is 2.84. The molecule has 0 radical (unpaired) electrons. The van der Waals surface area contributed by atoms with E-state index in [4.69, 9.17) is 0 Å². The number of hydrogen-bond donors (Lipinski definition) is 2. The van der Waals surface area contributed by atoms with Crippen LogP contribution < -0.4 is 10.1 Å². The van der Waals surface area contributed by atoms with Crippen LogP contribution >= 0.6 is 0 Å². The van der Waals surface area contributed by atoms with E-state index in [0.29, 0.717) is 18.7 Å². The van der Waals surface area contributed by atoms with Gasteiger partial charge in [-0.3, -0.25) is 0 Å². The zero-order valence-corrected chi connectivity index (χ0v) is 11.5. The molecule has 5 heteroatoms. The minimum atomic E-state index is -2.83. The van der Waals surface area contributed by atoms with E-state index in [1.54, 1.807) is 18.2 Å². The van der Waals surface area contributed by atoms with Crippen molar-refractivity contribution >= 4 is 0 Å². The van der Waals surface area contributed by atoms with Crippen molar-refractivity contribution in [3.63, 3.8) is 0 Å². The first-order chi connectivity index (χ1) is 8.80. The summed E-state index contributed by atoms with van der Waals surface area (Å²) in [4.78, 5) is 0. The summed E-state index contributed by atoms with van der Waals surface area (Å²) in [6, 6.07) is 6.62. The molecule has 1 atom stereocenters. The van der Waals surface area contributed by atoms with Gasteiger partial charge in [0.2, 0.25) is 0 Å². The molecule has 2 N–H and O–H groups in total. The van der Waals surface area contributed by atoms with Crippen LogP contribution in [0.3, 0.4) is 0 Å². The third-order valence-electron chi connectivity index (χ3n) is 2.84. The Hall–Kier alpha value is -1.20. The summed E-state index contributed by atoms with van der Waals surface area (Å²) in [5.41, 5.74) is 0.426. The molecule has 1 rings (SSSR count). The van der Waals surface area contributed by atoms with E-state index >= 15 is 0 Å². The van der Waals surface area contributed by atoms with Crippen LogP contribution in [0.15, 0.2) is 24.3 Å². The fraction of sp³-hybridized carbons (Fsp3) is 0.571. The van der Waals surface area contributed by atoms with Gasteiger partial charge in [0.1, 0.15) is 5.75 Å². The summed E-state index contributed by atoms with van der Waals surface area (Å²) in [6.45, 7) is 3.75. The maximum atomic E-state index is 12.2. The predicted molar refractivity (Wildman–Crippen MR) is 70.2 cm³/mol. The summed E-state index contributed by atoms with van der Waals surface area (Å²) >= 11 is 0. The van der Waals surface area contributed by atoms with Crippen molar-refractivity contribution in [1.29, 1.82) is 0 Å². The number of ether oxygens (including phenoxy) is 1. The van der Waals surface area contributed by atoms with Crippen molar-refractivity contribution in [3.05, 3.63) is 29.8 Å². The molecular weight excluding hydrogens is 252 g/mol. The van der Waals surface area contributed by atoms with E-state index in [1.807, 2.05) is 20.8 Å². The van der Waals surface area contributed by atoms with Gasteiger partial charge in [0.15, 0.2) is 0 Å². The average Bonchev–Trinajstić information content (AvgIpc) is 2.29. The van der Waals surface area contributed by atoms with Crippen LogP contribution in [0.2, 0.25) is 0 Å². The first-order valence-electron chi connectivity index (χ1n) is 6.22. The number of halogens is 2. The normalized spacial score (nSPS) is 13.6. The number of hydrogen-bond acceptors (Lipinski definition) is 3. The van der Waals surface area contributed by atoms with E-state index in [-0.39, 0.29) is 11.2 Å². The fourth-order valence-electron chi connectivity index (χ4n) is 1.51. The summed E-state index contributed by atoms with van der Waals surface area (Å²) in [7, 11) is 0. The highest BCUT2D eigenvalue weighted by Crippen LogP contribution is 2.21. The topological polar surface area (TPSA) is 41.5 Å². The molecule has 0 saturated heterocycles. The molecule has 0 amide bonds. The number of nitrogens with one attached hydrogen (secondary N) is 1. The van der Waals surface area contributed by atoms with Gasteiger partial charge in [-0.05, 0) is 11.5 Å². The maximum absolute atomic E-state index is 12.2. The van der Waals surface area contributed by atoms with Crippen LogP contribution in [0.1, 0.15) is 26.3 Å². The average molecular weight is 273 g/mol. The maximum Gasteiger partial charge on any atom is 0.387 e. The molecule has 0 spiro atoms. The Morgan fingerprint density at radius 3 is 2.47 bits per heavy atom. The lowest BCUT2D eigenvalue weighted by molar-refractivity contribution is -0.0505. The molecule has 0 aliphatic heterocycles. The second-order valence-electron chi connectivity index (χ2n) is 5.50. The Bertz CT molecular complexity index is 391. The number of alkyl halides is 2. The predicted octanol–water partition coefficient (Wildman–Crippen LogP) is 2.78. The van der Waals surface area contributed by atoms with Crippen LogP contribution in [0.5, 0.6) is 5.75 Å². The van der Waals surface area contributed by atoms with Crippen molar-refractivity contribution in [3.8, 4) is 5.75 Å². The van der Waals surface area contributed by atoms with Crippen LogP contribution in [0.25, 0.3) is 0 Å². The van der Waals surface area contributed by atoms with Crippen molar-refractivity contribution in [1.82, 2.24) is 5.32 Å². The molecule has 0 aromatic heterocycles. The highest BCUT2D eigenvalue weighted by atomic mass is 19.3. The smallest absolute Gasteiger partial charge is 0.387 e. The van der Waals surface area contributed by atoms with Crippen LogP contribution in [-0.4, -0.2) is 24.4 Å². The number of rotatable bonds is 6. The Kier molecular flexibility index (Phi) is 5.69. The zero-order chi connectivity index (χ0) is 14.5. The molecule has 0 fully saturated rings. The molecule has 1 aromatic carbocycles. The van der Waals surface area contributed by atoms with Gasteiger partial charge in [-0.15, -0.1) is 0 Å². The number of para-hydroxylation sites is 1. The van der Waals surface area contributed by atoms with Crippen LogP contribution in [-0.2, 0) is 6.54 Å². The summed E-state index contributed by atoms with van der Waals surface area (Å²) in [5, 5.41) is 12.9. The molecule has 0 aliphatic rings. The van der Waals surface area contributed by atoms with E-state index < -0.39 is 12.7 Å². The van der Waals surface area contributed by atoms with Crippen LogP contribution in [0, 0.1) is 5.41 Å². The molecule has 108 valence electrons. The standard InChI is InChI=1S/C14H21F2NO2/c1-14(2,3)12(18)9-17-8-10-6-4-5-7-11(10)19-13(15)16/h4-7,12-13,17-18H,8-9H2,1-3H3. The van der Waals surface area contributed by atoms with E-state index in [1.165, 1.54) is 6.07 Å². The Balaban J connectivity index is 2.54. The number of aliphatic hydroxyl groups is 1. The highest BCUT2D eigenvalue weighted by molar-refractivity contribution is 5.33. The molecule has 0 aliphatic carbocycles. The first kappa shape index (κ1) is 15.9. The lowest BCUT2D eigenvalue weighted by Gasteiger charge is -2.26. The summed E-state index contributed by atoms with van der Waals surface area (Å²) < 4.78 is 28.9. The van der Waals surface area contributed by atoms with Crippen molar-refractivity contribution in [2.45, 2.75) is 40.0 Å². The number of aliphatic hydroxyl groups excluding tert-OH is 1. The minimum absolute atomic E-state index is 0.162. The van der Waals surface area contributed by atoms with Gasteiger partial charge >= 0.3 is 6.61 Å². The molecular formula is C14H21F2NO2. The third kappa shape index (κ3) is 5.53. The first-order valence-corrected chi connectivity index (χ1v) is 6.22. The summed E-state index contributed by atoms with van der Waals surface area (Å²) in [5.74, 6) is 0.162. The molecule has 3 nitrogen and oxygen atoms in total. The summed E-state index contributed by atoms with van der Waals surface area (Å²) in [6.07, 6.45) is -0.504. The van der Waals surface area contributed by atoms with Gasteiger partial charge < -0.3 is 15.2 Å². The highest BCUT2D eigenvalue weighted by Gasteiger charge is 2.21. The lowest BCUT2D eigenvalue weighted by Crippen LogP contribution is -2.36. The monoisotopic (exact) mass is 273 g/mol. The fourth-order valence-corrected chi connectivity index (χ4v) is 1.51. The van der Waals surface area contributed by atoms with Gasteiger partial charge in [-0.2, -0.15) is 8.78 Å². The van der Waals surface area contributed by atoms with Crippen LogP contribution in [0.4, 0.5) is 8.78 Å². The van der Waals surface area contributed by atoms with E-state index in [9.17, 15) is 13.9 Å². The molecule has 19 heavy (non-hydrogen) atoms. The molecule has 0 bridgehead atoms. The van der Waals surface area contributed by atoms with Gasteiger partial charge in [-0.25, -0.2) is 0 Å². The van der Waals surface area contributed by atoms with Crippen molar-refractivity contribution in [2.24, 2.45) is 5.41 Å². The second-order valence-corrected chi connectivity index (χ2v) is 5.50. The molecule has 0 saturated carbocycles. The number of benzene rings is 1. The van der Waals surface area contributed by atoms with Crippen molar-refractivity contribution < 1.29 is 18.6 Å². The van der Waals surface area contributed by atoms with Gasteiger partial charge in [0, 0.05) is 18.7 Å². The largest absolute Gasteiger partial charge is 0.434 e. The van der Waals surface area contributed by atoms with Gasteiger partial charge in [0.25, 0.3) is 0 Å². The Morgan fingerprint density at radius 2 is 1.89 bits per heavy atom. The molecule has 0 heterocycles. The van der Waals surface area contributed by atoms with Gasteiger partial charge in [-0.1, -0.05) is 39.0 Å². The quantitative estimate of drug-likeness (QED) is 0.837. The lowest BCUT2D eigenvalue weighted by atomic mass is 9.89. The Labute approximate surface area is 112 Å². The van der Waals surface area contributed by atoms with E-state index in [2.05, 4.69) is 10.1 Å². The zero-order valence-electron chi connectivity index (χ0n) is 11.5. The van der Waals surface area contributed by atoms with Crippen molar-refractivity contribution in [2.75, 3.05) is 6.54 Å². The minimum Gasteiger partial charge on any atom is -0.434 e. The second kappa shape index (κ2) is 6.82. The Morgan fingerprint density at radius 1 is 1.26 bits per heavy atom.